The molecule has 214 valence electrons. The molecule has 0 aromatic heterocycles. The Labute approximate surface area is 233 Å². The molecular formula is C29H40N2O7S. The summed E-state index contributed by atoms with van der Waals surface area (Å²) in [6, 6.07) is 6.25. The van der Waals surface area contributed by atoms with Crippen LogP contribution in [0.3, 0.4) is 0 Å². The predicted octanol–water partition coefficient (Wildman–Crippen LogP) is 2.39. The van der Waals surface area contributed by atoms with Crippen molar-refractivity contribution in [2.24, 2.45) is 5.92 Å². The molecule has 1 aliphatic carbocycles. The van der Waals surface area contributed by atoms with Gasteiger partial charge in [-0.2, -0.15) is 0 Å². The van der Waals surface area contributed by atoms with E-state index in [1.54, 1.807) is 33.1 Å². The number of fused-ring (bicyclic) bond motifs is 3. The fraction of sp³-hybridized carbons (Fsp3) is 0.517. The van der Waals surface area contributed by atoms with Gasteiger partial charge in [0.1, 0.15) is 18.0 Å². The second kappa shape index (κ2) is 13.1. The molecule has 10 heteroatoms. The van der Waals surface area contributed by atoms with Gasteiger partial charge in [-0.1, -0.05) is 13.0 Å². The minimum Gasteiger partial charge on any atom is -0.496 e. The van der Waals surface area contributed by atoms with Crippen molar-refractivity contribution in [1.82, 2.24) is 5.32 Å². The van der Waals surface area contributed by atoms with E-state index in [0.29, 0.717) is 29.2 Å². The standard InChI is InChI=1S/C29H40N2O7S/c1-14(13-32)26(35)28(37)27(36)16(3)30-22-11-18-7-9-21(31-17(4)33)20-12-23(34)24(39-6)10-8-19(20)25(18)29(38-5)15(22)2/h8,10-12,14,16,21,26-28,30,32,35-37H,7,9,13H2,1-6H3,(H,31,33)/t14-,16-,21+,26-,27+,28+/m1/s1. The van der Waals surface area contributed by atoms with Crippen molar-refractivity contribution >= 4 is 23.4 Å². The first-order valence-electron chi connectivity index (χ1n) is 13.1. The van der Waals surface area contributed by atoms with Crippen LogP contribution in [0.5, 0.6) is 5.75 Å². The summed E-state index contributed by atoms with van der Waals surface area (Å²) in [6.45, 7) is 6.30. The first-order valence-corrected chi connectivity index (χ1v) is 14.3. The van der Waals surface area contributed by atoms with E-state index in [4.69, 9.17) is 4.74 Å². The highest BCUT2D eigenvalue weighted by Gasteiger charge is 2.33. The van der Waals surface area contributed by atoms with Crippen LogP contribution in [0.15, 0.2) is 34.0 Å². The number of amides is 1. The molecule has 1 aliphatic rings. The molecule has 0 aliphatic heterocycles. The lowest BCUT2D eigenvalue weighted by Crippen LogP contribution is -2.48. The molecule has 2 aromatic rings. The first-order chi connectivity index (χ1) is 18.4. The molecule has 0 heterocycles. The number of nitrogens with one attached hydrogen (secondary N) is 2. The Morgan fingerprint density at radius 1 is 1.15 bits per heavy atom. The number of benzene rings is 1. The lowest BCUT2D eigenvalue weighted by atomic mass is 9.92. The van der Waals surface area contributed by atoms with Gasteiger partial charge in [0, 0.05) is 36.3 Å². The van der Waals surface area contributed by atoms with Gasteiger partial charge in [0.15, 0.2) is 5.43 Å². The van der Waals surface area contributed by atoms with Crippen molar-refractivity contribution in [3.63, 3.8) is 0 Å². The molecule has 0 radical (unpaired) electrons. The highest BCUT2D eigenvalue weighted by molar-refractivity contribution is 7.98. The number of ether oxygens (including phenoxy) is 1. The van der Waals surface area contributed by atoms with Crippen molar-refractivity contribution in [1.29, 1.82) is 0 Å². The predicted molar refractivity (Wildman–Crippen MR) is 153 cm³/mol. The topological polar surface area (TPSA) is 148 Å². The van der Waals surface area contributed by atoms with Crippen LogP contribution >= 0.6 is 11.8 Å². The summed E-state index contributed by atoms with van der Waals surface area (Å²) in [5.41, 5.74) is 4.64. The fourth-order valence-corrected chi connectivity index (χ4v) is 5.61. The number of thioether (sulfide) groups is 1. The zero-order valence-electron chi connectivity index (χ0n) is 23.3. The van der Waals surface area contributed by atoms with Gasteiger partial charge in [0.05, 0.1) is 30.2 Å². The third-order valence-electron chi connectivity index (χ3n) is 7.47. The second-order valence-electron chi connectivity index (χ2n) is 10.3. The Balaban J connectivity index is 2.12. The van der Waals surface area contributed by atoms with Crippen molar-refractivity contribution in [2.75, 3.05) is 25.3 Å². The number of aliphatic hydroxyl groups excluding tert-OH is 4. The van der Waals surface area contributed by atoms with E-state index in [1.165, 1.54) is 18.7 Å². The molecule has 2 aromatic carbocycles. The summed E-state index contributed by atoms with van der Waals surface area (Å²) < 4.78 is 5.91. The van der Waals surface area contributed by atoms with Gasteiger partial charge in [0.2, 0.25) is 5.91 Å². The zero-order chi connectivity index (χ0) is 29.0. The molecule has 9 nitrogen and oxygen atoms in total. The number of hydrogen-bond donors (Lipinski definition) is 6. The largest absolute Gasteiger partial charge is 0.496 e. The molecule has 6 atom stereocenters. The van der Waals surface area contributed by atoms with Gasteiger partial charge in [-0.15, -0.1) is 11.8 Å². The third kappa shape index (κ3) is 6.58. The maximum Gasteiger partial charge on any atom is 0.217 e. The number of anilines is 1. The summed E-state index contributed by atoms with van der Waals surface area (Å²) in [5.74, 6) is -0.193. The van der Waals surface area contributed by atoms with Gasteiger partial charge in [-0.3, -0.25) is 9.59 Å². The van der Waals surface area contributed by atoms with E-state index in [-0.39, 0.29) is 24.0 Å². The number of hydrogen-bond acceptors (Lipinski definition) is 9. The van der Waals surface area contributed by atoms with E-state index >= 15 is 0 Å². The van der Waals surface area contributed by atoms with Crippen molar-refractivity contribution in [2.45, 2.75) is 75.8 Å². The number of aryl methyl sites for hydroxylation is 1. The Hall–Kier alpha value is -2.63. The van der Waals surface area contributed by atoms with E-state index in [9.17, 15) is 30.0 Å². The number of carbonyl (C=O) groups excluding carboxylic acids is 1. The summed E-state index contributed by atoms with van der Waals surface area (Å²) in [4.78, 5) is 25.6. The molecule has 39 heavy (non-hydrogen) atoms. The Bertz CT molecular complexity index is 1260. The van der Waals surface area contributed by atoms with Gasteiger partial charge in [0.25, 0.3) is 0 Å². The molecule has 1 amide bonds. The minimum absolute atomic E-state index is 0.115. The number of rotatable bonds is 10. The van der Waals surface area contributed by atoms with E-state index < -0.39 is 30.3 Å². The van der Waals surface area contributed by atoms with Crippen LogP contribution < -0.4 is 20.8 Å². The van der Waals surface area contributed by atoms with Gasteiger partial charge >= 0.3 is 0 Å². The van der Waals surface area contributed by atoms with Crippen LogP contribution in [0.4, 0.5) is 5.69 Å². The first kappa shape index (κ1) is 30.9. The molecule has 0 unspecified atom stereocenters. The fourth-order valence-electron chi connectivity index (χ4n) is 5.14. The quantitative estimate of drug-likeness (QED) is 0.241. The smallest absolute Gasteiger partial charge is 0.217 e. The number of carbonyl (C=O) groups is 1. The summed E-state index contributed by atoms with van der Waals surface area (Å²) in [5, 5.41) is 47.1. The molecule has 0 spiro atoms. The molecular weight excluding hydrogens is 520 g/mol. The zero-order valence-corrected chi connectivity index (χ0v) is 24.1. The van der Waals surface area contributed by atoms with Crippen LogP contribution in [0.25, 0.3) is 11.1 Å². The van der Waals surface area contributed by atoms with Crippen molar-refractivity contribution < 1.29 is 30.0 Å². The third-order valence-corrected chi connectivity index (χ3v) is 8.25. The molecule has 0 saturated carbocycles. The Morgan fingerprint density at radius 3 is 2.44 bits per heavy atom. The highest BCUT2D eigenvalue weighted by atomic mass is 32.2. The average molecular weight is 561 g/mol. The molecule has 3 rings (SSSR count). The number of aliphatic hydroxyl groups is 4. The Kier molecular flexibility index (Phi) is 10.4. The molecule has 0 fully saturated rings. The lowest BCUT2D eigenvalue weighted by Gasteiger charge is -2.31. The Morgan fingerprint density at radius 2 is 1.85 bits per heavy atom. The summed E-state index contributed by atoms with van der Waals surface area (Å²) in [6.07, 6.45) is -1.08. The summed E-state index contributed by atoms with van der Waals surface area (Å²) in [7, 11) is 1.58. The highest BCUT2D eigenvalue weighted by Crippen LogP contribution is 2.46. The van der Waals surface area contributed by atoms with Crippen LogP contribution in [0.1, 0.15) is 49.9 Å². The van der Waals surface area contributed by atoms with Crippen molar-refractivity contribution in [3.05, 3.63) is 51.2 Å². The van der Waals surface area contributed by atoms with Crippen molar-refractivity contribution in [3.8, 4) is 16.9 Å². The molecule has 0 bridgehead atoms. The van der Waals surface area contributed by atoms with Crippen LogP contribution in [0, 0.1) is 12.8 Å². The monoisotopic (exact) mass is 560 g/mol. The number of methoxy groups -OCH3 is 1. The van der Waals surface area contributed by atoms with Gasteiger partial charge in [-0.25, -0.2) is 0 Å². The average Bonchev–Trinajstić information content (AvgIpc) is 3.15. The van der Waals surface area contributed by atoms with Gasteiger partial charge in [-0.05, 0) is 67.8 Å². The van der Waals surface area contributed by atoms with E-state index in [0.717, 1.165) is 27.8 Å². The molecule has 0 saturated heterocycles. The second-order valence-corrected chi connectivity index (χ2v) is 11.1. The van der Waals surface area contributed by atoms with Crippen LogP contribution in [0.2, 0.25) is 0 Å². The van der Waals surface area contributed by atoms with Crippen LogP contribution in [-0.2, 0) is 11.2 Å². The van der Waals surface area contributed by atoms with E-state index in [1.807, 2.05) is 25.3 Å². The molecule has 6 N–H and O–H groups in total. The lowest BCUT2D eigenvalue weighted by molar-refractivity contribution is -0.119. The normalized spacial score (nSPS) is 18.5. The van der Waals surface area contributed by atoms with E-state index in [2.05, 4.69) is 10.6 Å². The van der Waals surface area contributed by atoms with Gasteiger partial charge < -0.3 is 35.8 Å². The minimum atomic E-state index is -1.46. The summed E-state index contributed by atoms with van der Waals surface area (Å²) >= 11 is 1.36. The SMILES string of the molecule is COc1c(C)c(N[C@H](C)[C@H](O)[C@@H](O)[C@H](O)[C@H](C)CO)cc2c1-c1ccc(SC)c(=O)cc1[C@@H](NC(C)=O)CC2. The maximum atomic E-state index is 13.0. The van der Waals surface area contributed by atoms with Crippen LogP contribution in [-0.4, -0.2) is 70.7 Å². The maximum absolute atomic E-state index is 13.0.